The molecule has 0 atom stereocenters. The van der Waals surface area contributed by atoms with E-state index in [-0.39, 0.29) is 23.1 Å². The average Bonchev–Trinajstić information content (AvgIpc) is 1.38. The Balaban J connectivity index is 0. The minimum atomic E-state index is -0.690. The summed E-state index contributed by atoms with van der Waals surface area (Å²) in [5.41, 5.74) is 0. The van der Waals surface area contributed by atoms with Gasteiger partial charge in [-0.3, -0.25) is 0 Å². The molecule has 0 saturated carbocycles. The van der Waals surface area contributed by atoms with E-state index in [2.05, 4.69) is 4.89 Å². The molecule has 0 aromatic heterocycles. The van der Waals surface area contributed by atoms with Gasteiger partial charge in [0.05, 0.1) is 0 Å². The summed E-state index contributed by atoms with van der Waals surface area (Å²) in [6.45, 7) is 1.11. The van der Waals surface area contributed by atoms with E-state index in [1.165, 1.54) is 0 Å². The standard InChI is InChI=1S/C2H4O3.Mg/c1-2(3)5-4;/h4H,1H3;. The maximum atomic E-state index is 9.34. The quantitative estimate of drug-likeness (QED) is 0.257. The monoisotopic (exact) mass is 100 g/mol. The molecule has 0 rings (SSSR count). The Morgan fingerprint density at radius 2 is 2.00 bits per heavy atom. The van der Waals surface area contributed by atoms with Crippen molar-refractivity contribution in [3.8, 4) is 0 Å². The first-order chi connectivity index (χ1) is 2.27. The minimum Gasteiger partial charge on any atom is -0.301 e. The van der Waals surface area contributed by atoms with Crippen LogP contribution in [-0.2, 0) is 9.68 Å². The molecular formula is C2H4MgO3. The number of hydrogen-bond acceptors (Lipinski definition) is 3. The zero-order chi connectivity index (χ0) is 4.28. The van der Waals surface area contributed by atoms with Gasteiger partial charge in [0, 0.05) is 30.0 Å². The normalized spacial score (nSPS) is 5.67. The van der Waals surface area contributed by atoms with E-state index in [0.29, 0.717) is 0 Å². The van der Waals surface area contributed by atoms with Crippen molar-refractivity contribution in [2.24, 2.45) is 0 Å². The van der Waals surface area contributed by atoms with Crippen LogP contribution in [0.25, 0.3) is 0 Å². The van der Waals surface area contributed by atoms with E-state index in [1.807, 2.05) is 0 Å². The van der Waals surface area contributed by atoms with Crippen molar-refractivity contribution >= 4 is 29.0 Å². The molecular weight excluding hydrogens is 96.3 g/mol. The second-order valence-corrected chi connectivity index (χ2v) is 0.583. The summed E-state index contributed by atoms with van der Waals surface area (Å²) < 4.78 is 0. The number of carbonyl (C=O) groups is 1. The fraction of sp³-hybridized carbons (Fsp3) is 0.500. The van der Waals surface area contributed by atoms with Gasteiger partial charge in [0.25, 0.3) is 0 Å². The third-order valence-electron chi connectivity index (χ3n) is 0.129. The summed E-state index contributed by atoms with van der Waals surface area (Å²) in [5, 5.41) is 7.29. The molecule has 2 radical (unpaired) electrons. The Hall–Kier alpha value is 0.196. The van der Waals surface area contributed by atoms with Crippen LogP contribution in [0.15, 0.2) is 0 Å². The molecule has 0 bridgehead atoms. The fourth-order valence-electron chi connectivity index (χ4n) is 0. The Morgan fingerprint density at radius 1 is 1.83 bits per heavy atom. The van der Waals surface area contributed by atoms with Crippen molar-refractivity contribution in [3.05, 3.63) is 0 Å². The summed E-state index contributed by atoms with van der Waals surface area (Å²) in [6, 6.07) is 0. The van der Waals surface area contributed by atoms with Crippen molar-refractivity contribution < 1.29 is 14.9 Å². The van der Waals surface area contributed by atoms with Crippen LogP contribution in [0.4, 0.5) is 0 Å². The van der Waals surface area contributed by atoms with Crippen LogP contribution in [0, 0.1) is 0 Å². The predicted octanol–water partition coefficient (Wildman–Crippen LogP) is -0.358. The highest BCUT2D eigenvalue weighted by Gasteiger charge is 1.79. The highest BCUT2D eigenvalue weighted by molar-refractivity contribution is 5.75. The summed E-state index contributed by atoms with van der Waals surface area (Å²) in [4.78, 5) is 12.5. The molecule has 3 nitrogen and oxygen atoms in total. The lowest BCUT2D eigenvalue weighted by molar-refractivity contribution is -0.231. The molecule has 0 aromatic carbocycles. The molecule has 0 spiro atoms. The highest BCUT2D eigenvalue weighted by Crippen LogP contribution is 1.59. The van der Waals surface area contributed by atoms with E-state index in [9.17, 15) is 4.79 Å². The third kappa shape index (κ3) is 8.89. The van der Waals surface area contributed by atoms with Crippen LogP contribution in [0.2, 0.25) is 0 Å². The molecule has 6 heavy (non-hydrogen) atoms. The molecule has 0 aliphatic heterocycles. The van der Waals surface area contributed by atoms with Gasteiger partial charge in [0.15, 0.2) is 0 Å². The Kier molecular flexibility index (Phi) is 8.23. The lowest BCUT2D eigenvalue weighted by Gasteiger charge is -1.76. The van der Waals surface area contributed by atoms with Gasteiger partial charge in [-0.2, -0.15) is 5.26 Å². The van der Waals surface area contributed by atoms with Crippen LogP contribution in [0.5, 0.6) is 0 Å². The number of rotatable bonds is 0. The minimum absolute atomic E-state index is 0. The SMILES string of the molecule is CC(=O)OO.[Mg]. The van der Waals surface area contributed by atoms with Crippen LogP contribution in [0.3, 0.4) is 0 Å². The molecule has 4 heteroatoms. The highest BCUT2D eigenvalue weighted by atomic mass is 24.3. The van der Waals surface area contributed by atoms with Crippen molar-refractivity contribution in [1.29, 1.82) is 0 Å². The lowest BCUT2D eigenvalue weighted by atomic mass is 10.9. The smallest absolute Gasteiger partial charge is 0.301 e. The summed E-state index contributed by atoms with van der Waals surface area (Å²) in [6.07, 6.45) is 0. The maximum Gasteiger partial charge on any atom is 0.339 e. The van der Waals surface area contributed by atoms with E-state index in [0.717, 1.165) is 6.92 Å². The zero-order valence-corrected chi connectivity index (χ0v) is 4.89. The number of hydrogen-bond donors (Lipinski definition) is 1. The van der Waals surface area contributed by atoms with Gasteiger partial charge in [-0.1, -0.05) is 0 Å². The van der Waals surface area contributed by atoms with Gasteiger partial charge in [-0.15, -0.1) is 0 Å². The first kappa shape index (κ1) is 9.50. The summed E-state index contributed by atoms with van der Waals surface area (Å²) in [7, 11) is 0. The van der Waals surface area contributed by atoms with Crippen LogP contribution >= 0.6 is 0 Å². The Bertz CT molecular complexity index is 44.1. The van der Waals surface area contributed by atoms with Gasteiger partial charge < -0.3 is 4.89 Å². The topological polar surface area (TPSA) is 46.5 Å². The molecule has 0 amide bonds. The largest absolute Gasteiger partial charge is 0.339 e. The van der Waals surface area contributed by atoms with E-state index >= 15 is 0 Å². The molecule has 0 aliphatic carbocycles. The van der Waals surface area contributed by atoms with Gasteiger partial charge in [0.1, 0.15) is 0 Å². The van der Waals surface area contributed by atoms with E-state index in [4.69, 9.17) is 5.26 Å². The van der Waals surface area contributed by atoms with Crippen molar-refractivity contribution in [2.75, 3.05) is 0 Å². The van der Waals surface area contributed by atoms with Gasteiger partial charge in [-0.05, 0) is 0 Å². The first-order valence-electron chi connectivity index (χ1n) is 1.09. The molecule has 32 valence electrons. The number of carbonyl (C=O) groups excluding carboxylic acids is 1. The molecule has 0 saturated heterocycles. The second-order valence-electron chi connectivity index (χ2n) is 0.583. The van der Waals surface area contributed by atoms with Crippen molar-refractivity contribution in [2.45, 2.75) is 6.92 Å². The summed E-state index contributed by atoms with van der Waals surface area (Å²) >= 11 is 0. The Morgan fingerprint density at radius 3 is 2.00 bits per heavy atom. The Labute approximate surface area is 51.4 Å². The predicted molar refractivity (Wildman–Crippen MR) is 20.1 cm³/mol. The molecule has 1 N–H and O–H groups in total. The third-order valence-corrected chi connectivity index (χ3v) is 0.129. The van der Waals surface area contributed by atoms with Crippen LogP contribution < -0.4 is 0 Å². The van der Waals surface area contributed by atoms with Gasteiger partial charge in [-0.25, -0.2) is 4.79 Å². The molecule has 0 aromatic rings. The van der Waals surface area contributed by atoms with Crippen molar-refractivity contribution in [1.82, 2.24) is 0 Å². The molecule has 0 aliphatic rings. The molecule has 0 fully saturated rings. The zero-order valence-electron chi connectivity index (χ0n) is 3.47. The average molecular weight is 100 g/mol. The van der Waals surface area contributed by atoms with Crippen LogP contribution in [-0.4, -0.2) is 34.3 Å². The summed E-state index contributed by atoms with van der Waals surface area (Å²) in [5.74, 6) is -0.690. The first-order valence-corrected chi connectivity index (χ1v) is 1.09. The lowest BCUT2D eigenvalue weighted by Crippen LogP contribution is -1.89. The van der Waals surface area contributed by atoms with Gasteiger partial charge in [0.2, 0.25) is 0 Å². The maximum absolute atomic E-state index is 9.34. The molecule has 0 heterocycles. The van der Waals surface area contributed by atoms with Crippen LogP contribution in [0.1, 0.15) is 6.92 Å². The fourth-order valence-corrected chi connectivity index (χ4v) is 0. The molecule has 0 unspecified atom stereocenters. The van der Waals surface area contributed by atoms with Crippen molar-refractivity contribution in [3.63, 3.8) is 0 Å². The van der Waals surface area contributed by atoms with E-state index < -0.39 is 5.97 Å². The second kappa shape index (κ2) is 5.20. The van der Waals surface area contributed by atoms with E-state index in [1.54, 1.807) is 0 Å². The van der Waals surface area contributed by atoms with Gasteiger partial charge >= 0.3 is 5.97 Å².